The molecule has 0 saturated carbocycles. The Kier molecular flexibility index (Phi) is 5.76. The number of carbonyl (C=O) groups is 1. The number of carbonyl (C=O) groups excluding carboxylic acids is 1. The van der Waals surface area contributed by atoms with Crippen molar-refractivity contribution in [2.75, 3.05) is 18.0 Å². The van der Waals surface area contributed by atoms with Gasteiger partial charge in [0.15, 0.2) is 0 Å². The highest BCUT2D eigenvalue weighted by molar-refractivity contribution is 9.10. The van der Waals surface area contributed by atoms with Crippen molar-refractivity contribution in [2.45, 2.75) is 52.2 Å². The van der Waals surface area contributed by atoms with Crippen molar-refractivity contribution in [2.24, 2.45) is 0 Å². The van der Waals surface area contributed by atoms with Gasteiger partial charge in [0.2, 0.25) is 0 Å². The minimum atomic E-state index is -0.476. The fraction of sp³-hybridized carbons (Fsp3) is 0.556. The van der Waals surface area contributed by atoms with Crippen LogP contribution in [-0.4, -0.2) is 30.8 Å². The summed E-state index contributed by atoms with van der Waals surface area (Å²) < 4.78 is 6.13. The number of piperidine rings is 1. The molecular formula is C18H24BrN3O2. The lowest BCUT2D eigenvalue weighted by Gasteiger charge is -2.35. The van der Waals surface area contributed by atoms with Crippen LogP contribution in [-0.2, 0) is 4.74 Å². The number of anilines is 1. The van der Waals surface area contributed by atoms with Crippen LogP contribution in [0.5, 0.6) is 0 Å². The highest BCUT2D eigenvalue weighted by atomic mass is 79.9. The third kappa shape index (κ3) is 4.88. The first-order valence-corrected chi connectivity index (χ1v) is 8.93. The Morgan fingerprint density at radius 3 is 2.54 bits per heavy atom. The highest BCUT2D eigenvalue weighted by Gasteiger charge is 2.24. The molecule has 2 rings (SSSR count). The topological polar surface area (TPSA) is 65.4 Å². The monoisotopic (exact) mass is 393 g/mol. The first-order chi connectivity index (χ1) is 11.2. The van der Waals surface area contributed by atoms with Gasteiger partial charge in [0.1, 0.15) is 11.7 Å². The summed E-state index contributed by atoms with van der Waals surface area (Å²) in [6.45, 7) is 9.33. The van der Waals surface area contributed by atoms with Gasteiger partial charge in [-0.05, 0) is 74.2 Å². The molecule has 1 aliphatic rings. The number of alkyl carbamates (subject to hydrolysis) is 1. The van der Waals surface area contributed by atoms with Crippen LogP contribution in [0.15, 0.2) is 16.6 Å². The normalized spacial score (nSPS) is 15.8. The second-order valence-corrected chi connectivity index (χ2v) is 7.99. The van der Waals surface area contributed by atoms with Crippen LogP contribution in [0.25, 0.3) is 0 Å². The Morgan fingerprint density at radius 1 is 1.38 bits per heavy atom. The summed E-state index contributed by atoms with van der Waals surface area (Å²) in [5, 5.41) is 12.0. The van der Waals surface area contributed by atoms with Crippen molar-refractivity contribution in [3.63, 3.8) is 0 Å². The number of rotatable bonds is 2. The second-order valence-electron chi connectivity index (χ2n) is 7.14. The molecule has 0 bridgehead atoms. The molecule has 0 aromatic heterocycles. The molecule has 0 radical (unpaired) electrons. The van der Waals surface area contributed by atoms with Gasteiger partial charge in [-0.15, -0.1) is 0 Å². The molecule has 6 heteroatoms. The first kappa shape index (κ1) is 18.6. The Labute approximate surface area is 152 Å². The zero-order chi connectivity index (χ0) is 17.9. The maximum absolute atomic E-state index is 11.9. The van der Waals surface area contributed by atoms with E-state index in [0.29, 0.717) is 5.56 Å². The van der Waals surface area contributed by atoms with E-state index in [1.807, 2.05) is 39.8 Å². The molecule has 0 spiro atoms. The van der Waals surface area contributed by atoms with Gasteiger partial charge in [0.25, 0.3) is 0 Å². The van der Waals surface area contributed by atoms with Crippen LogP contribution in [0.4, 0.5) is 10.5 Å². The zero-order valence-corrected chi connectivity index (χ0v) is 16.2. The summed E-state index contributed by atoms with van der Waals surface area (Å²) >= 11 is 3.46. The Morgan fingerprint density at radius 2 is 2.00 bits per heavy atom. The lowest BCUT2D eigenvalue weighted by molar-refractivity contribution is 0.0497. The van der Waals surface area contributed by atoms with E-state index >= 15 is 0 Å². The van der Waals surface area contributed by atoms with Crippen molar-refractivity contribution >= 4 is 27.7 Å². The molecule has 1 amide bonds. The summed E-state index contributed by atoms with van der Waals surface area (Å²) in [5.41, 5.74) is 2.40. The number of nitrogens with one attached hydrogen (secondary N) is 1. The largest absolute Gasteiger partial charge is 0.444 e. The average Bonchev–Trinajstić information content (AvgIpc) is 2.48. The number of aryl methyl sites for hydroxylation is 1. The molecule has 1 aliphatic heterocycles. The van der Waals surface area contributed by atoms with Crippen molar-refractivity contribution < 1.29 is 9.53 Å². The quantitative estimate of drug-likeness (QED) is 0.820. The van der Waals surface area contributed by atoms with Crippen molar-refractivity contribution in [1.29, 1.82) is 5.26 Å². The first-order valence-electron chi connectivity index (χ1n) is 8.14. The van der Waals surface area contributed by atoms with Gasteiger partial charge in [0, 0.05) is 29.3 Å². The molecule has 0 aliphatic carbocycles. The number of nitrogens with zero attached hydrogens (tertiary/aromatic N) is 2. The number of amides is 1. The van der Waals surface area contributed by atoms with Crippen molar-refractivity contribution in [3.05, 3.63) is 27.7 Å². The lowest BCUT2D eigenvalue weighted by atomic mass is 10.0. The van der Waals surface area contributed by atoms with Crippen LogP contribution in [0.3, 0.4) is 0 Å². The van der Waals surface area contributed by atoms with Gasteiger partial charge in [-0.2, -0.15) is 5.26 Å². The number of hydrogen-bond donors (Lipinski definition) is 1. The van der Waals surface area contributed by atoms with Crippen LogP contribution in [0.1, 0.15) is 44.7 Å². The van der Waals surface area contributed by atoms with E-state index in [-0.39, 0.29) is 12.1 Å². The van der Waals surface area contributed by atoms with E-state index < -0.39 is 5.60 Å². The minimum absolute atomic E-state index is 0.137. The molecule has 1 fully saturated rings. The third-order valence-electron chi connectivity index (χ3n) is 3.96. The summed E-state index contributed by atoms with van der Waals surface area (Å²) in [6, 6.07) is 6.24. The molecule has 1 aromatic rings. The molecule has 0 atom stereocenters. The Bertz CT molecular complexity index is 653. The zero-order valence-electron chi connectivity index (χ0n) is 14.6. The fourth-order valence-corrected chi connectivity index (χ4v) is 3.26. The molecule has 5 nitrogen and oxygen atoms in total. The molecule has 1 aromatic carbocycles. The molecule has 1 saturated heterocycles. The van der Waals surface area contributed by atoms with Crippen LogP contribution < -0.4 is 10.2 Å². The van der Waals surface area contributed by atoms with Gasteiger partial charge in [0.05, 0.1) is 5.56 Å². The van der Waals surface area contributed by atoms with Crippen LogP contribution in [0.2, 0.25) is 0 Å². The highest BCUT2D eigenvalue weighted by Crippen LogP contribution is 2.29. The maximum atomic E-state index is 11.9. The van der Waals surface area contributed by atoms with Crippen molar-refractivity contribution in [1.82, 2.24) is 5.32 Å². The number of benzene rings is 1. The number of halogens is 1. The smallest absolute Gasteiger partial charge is 0.407 e. The van der Waals surface area contributed by atoms with Gasteiger partial charge in [-0.3, -0.25) is 0 Å². The van der Waals surface area contributed by atoms with Crippen LogP contribution >= 0.6 is 15.9 Å². The second kappa shape index (κ2) is 7.43. The van der Waals surface area contributed by atoms with Gasteiger partial charge in [-0.25, -0.2) is 4.79 Å². The standard InChI is InChI=1S/C18H24BrN3O2/c1-12-9-13(11-20)15(19)10-16(12)22-7-5-14(6-8-22)21-17(23)24-18(2,3)4/h9-10,14H,5-8H2,1-4H3,(H,21,23). The van der Waals surface area contributed by atoms with E-state index in [9.17, 15) is 4.79 Å². The molecule has 24 heavy (non-hydrogen) atoms. The summed E-state index contributed by atoms with van der Waals surface area (Å²) in [4.78, 5) is 14.2. The molecule has 0 unspecified atom stereocenters. The van der Waals surface area contributed by atoms with E-state index in [2.05, 4.69) is 32.2 Å². The predicted octanol–water partition coefficient (Wildman–Crippen LogP) is 4.12. The Balaban J connectivity index is 1.95. The molecule has 130 valence electrons. The SMILES string of the molecule is Cc1cc(C#N)c(Br)cc1N1CCC(NC(=O)OC(C)(C)C)CC1. The number of hydrogen-bond acceptors (Lipinski definition) is 4. The predicted molar refractivity (Wildman–Crippen MR) is 98.2 cm³/mol. The number of ether oxygens (including phenoxy) is 1. The van der Waals surface area contributed by atoms with Crippen LogP contribution in [0, 0.1) is 18.3 Å². The van der Waals surface area contributed by atoms with Gasteiger partial charge in [-0.1, -0.05) is 0 Å². The van der Waals surface area contributed by atoms with Gasteiger partial charge >= 0.3 is 6.09 Å². The van der Waals surface area contributed by atoms with Crippen molar-refractivity contribution in [3.8, 4) is 6.07 Å². The molecular weight excluding hydrogens is 370 g/mol. The summed E-state index contributed by atoms with van der Waals surface area (Å²) in [6.07, 6.45) is 1.39. The Hall–Kier alpha value is -1.74. The van der Waals surface area contributed by atoms with E-state index in [0.717, 1.165) is 41.7 Å². The summed E-state index contributed by atoms with van der Waals surface area (Å²) in [5.74, 6) is 0. The molecule has 1 N–H and O–H groups in total. The van der Waals surface area contributed by atoms with E-state index in [4.69, 9.17) is 10.00 Å². The molecule has 1 heterocycles. The van der Waals surface area contributed by atoms with E-state index in [1.54, 1.807) is 0 Å². The maximum Gasteiger partial charge on any atom is 0.407 e. The number of nitriles is 1. The lowest BCUT2D eigenvalue weighted by Crippen LogP contribution is -2.46. The fourth-order valence-electron chi connectivity index (χ4n) is 2.84. The minimum Gasteiger partial charge on any atom is -0.444 e. The summed E-state index contributed by atoms with van der Waals surface area (Å²) in [7, 11) is 0. The average molecular weight is 394 g/mol. The third-order valence-corrected chi connectivity index (χ3v) is 4.62. The van der Waals surface area contributed by atoms with E-state index in [1.165, 1.54) is 0 Å². The van der Waals surface area contributed by atoms with Gasteiger partial charge < -0.3 is 15.0 Å².